The Hall–Kier alpha value is -3.12. The van der Waals surface area contributed by atoms with Gasteiger partial charge in [-0.2, -0.15) is 0 Å². The van der Waals surface area contributed by atoms with Gasteiger partial charge in [0, 0.05) is 17.0 Å². The fourth-order valence-corrected chi connectivity index (χ4v) is 3.29. The minimum Gasteiger partial charge on any atom is -0.497 e. The fraction of sp³-hybridized carbons (Fsp3) is 0.400. The van der Waals surface area contributed by atoms with E-state index < -0.39 is 25.7 Å². The Kier molecular flexibility index (Phi) is 6.49. The van der Waals surface area contributed by atoms with Crippen LogP contribution in [0.2, 0.25) is 19.6 Å². The fourth-order valence-electron chi connectivity index (χ4n) is 2.70. The van der Waals surface area contributed by atoms with E-state index in [-0.39, 0.29) is 12.4 Å². The number of carbonyl (C=O) groups is 2. The van der Waals surface area contributed by atoms with Gasteiger partial charge in [0.1, 0.15) is 13.8 Å². The lowest BCUT2D eigenvalue weighted by molar-refractivity contribution is -0.146. The summed E-state index contributed by atoms with van der Waals surface area (Å²) in [5.74, 6) is 2.63. The van der Waals surface area contributed by atoms with Crippen molar-refractivity contribution in [3.05, 3.63) is 24.4 Å². The number of benzene rings is 1. The molecule has 0 unspecified atom stereocenters. The van der Waals surface area contributed by atoms with Crippen LogP contribution in [0.5, 0.6) is 11.6 Å². The topological polar surface area (TPSA) is 99.0 Å². The number of hydrogen-bond donors (Lipinski definition) is 2. The number of aromatic nitrogens is 1. The van der Waals surface area contributed by atoms with Crippen molar-refractivity contribution >= 4 is 30.9 Å². The van der Waals surface area contributed by atoms with E-state index in [2.05, 4.69) is 21.5 Å². The average molecular weight is 419 g/mol. The first-order valence-corrected chi connectivity index (χ1v) is 12.4. The first-order chi connectivity index (χ1) is 13.5. The summed E-state index contributed by atoms with van der Waals surface area (Å²) in [5, 5.41) is 14.5. The van der Waals surface area contributed by atoms with Gasteiger partial charge in [0.05, 0.1) is 27.9 Å². The van der Waals surface area contributed by atoms with Crippen molar-refractivity contribution in [2.24, 2.45) is 0 Å². The van der Waals surface area contributed by atoms with Gasteiger partial charge in [0.2, 0.25) is 5.54 Å². The number of esters is 1. The van der Waals surface area contributed by atoms with Crippen LogP contribution in [0.4, 0.5) is 4.79 Å². The van der Waals surface area contributed by atoms with Gasteiger partial charge in [0.25, 0.3) is 0 Å². The number of methoxy groups -OCH3 is 3. The summed E-state index contributed by atoms with van der Waals surface area (Å²) in [5.41, 5.74) is 1.36. The second-order valence-electron chi connectivity index (χ2n) is 7.55. The lowest BCUT2D eigenvalue weighted by Crippen LogP contribution is -2.57. The highest BCUT2D eigenvalue weighted by Crippen LogP contribution is 2.31. The zero-order valence-corrected chi connectivity index (χ0v) is 18.5. The minimum absolute atomic E-state index is 0.0892. The van der Waals surface area contributed by atoms with Crippen LogP contribution in [0.15, 0.2) is 24.4 Å². The monoisotopic (exact) mass is 418 g/mol. The average Bonchev–Trinajstić information content (AvgIpc) is 2.99. The Morgan fingerprint density at radius 1 is 1.21 bits per heavy atom. The molecule has 1 amide bonds. The first-order valence-electron chi connectivity index (χ1n) is 8.90. The van der Waals surface area contributed by atoms with E-state index >= 15 is 0 Å². The predicted molar refractivity (Wildman–Crippen MR) is 112 cm³/mol. The number of ether oxygens (including phenoxy) is 3. The van der Waals surface area contributed by atoms with Gasteiger partial charge in [0.15, 0.2) is 5.88 Å². The molecule has 2 rings (SSSR count). The number of alkyl carbamates (subject to hydrolysis) is 1. The van der Waals surface area contributed by atoms with E-state index in [1.54, 1.807) is 24.4 Å². The molecule has 1 atom stereocenters. The second kappa shape index (κ2) is 8.49. The van der Waals surface area contributed by atoms with Crippen LogP contribution in [0, 0.1) is 11.5 Å². The number of nitrogens with one attached hydrogen (secondary N) is 1. The maximum atomic E-state index is 12.7. The smallest absolute Gasteiger partial charge is 0.408 e. The van der Waals surface area contributed by atoms with Gasteiger partial charge >= 0.3 is 12.1 Å². The third-order valence-electron chi connectivity index (χ3n) is 4.16. The molecule has 8 nitrogen and oxygen atoms in total. The number of aromatic hydroxyl groups is 1. The van der Waals surface area contributed by atoms with Gasteiger partial charge in [-0.25, -0.2) is 9.59 Å². The molecule has 156 valence electrons. The minimum atomic E-state index is -1.91. The maximum absolute atomic E-state index is 12.7. The van der Waals surface area contributed by atoms with Gasteiger partial charge < -0.3 is 23.9 Å². The SMILES string of the molecule is COC(=O)N[C@](C#C[Si](C)(C)C)(Cn1cc2ccc(OC)cc2c1O)C(=O)OC. The Bertz CT molecular complexity index is 982. The zero-order valence-electron chi connectivity index (χ0n) is 17.5. The molecule has 0 radical (unpaired) electrons. The standard InChI is InChI=1S/C20H26N2O6Si/c1-26-15-8-7-14-12-22(17(23)16(14)11-15)13-20(18(24)27-2,21-19(25)28-3)9-10-29(4,5)6/h7-8,11-12,23H,13H2,1-6H3,(H,21,25)/t20-/m1/s1. The quantitative estimate of drug-likeness (QED) is 0.440. The molecule has 0 bridgehead atoms. The molecule has 29 heavy (non-hydrogen) atoms. The van der Waals surface area contributed by atoms with Crippen molar-refractivity contribution in [2.75, 3.05) is 21.3 Å². The van der Waals surface area contributed by atoms with E-state index in [1.807, 2.05) is 19.6 Å². The van der Waals surface area contributed by atoms with Crippen molar-refractivity contribution in [3.63, 3.8) is 0 Å². The van der Waals surface area contributed by atoms with Crippen molar-refractivity contribution in [3.8, 4) is 23.1 Å². The molecule has 0 aliphatic heterocycles. The van der Waals surface area contributed by atoms with Crippen molar-refractivity contribution in [2.45, 2.75) is 31.7 Å². The van der Waals surface area contributed by atoms with Crippen molar-refractivity contribution in [1.82, 2.24) is 9.88 Å². The Balaban J connectivity index is 2.62. The zero-order chi connectivity index (χ0) is 21.8. The third kappa shape index (κ3) is 5.03. The summed E-state index contributed by atoms with van der Waals surface area (Å²) in [6.45, 7) is 5.85. The molecule has 0 saturated heterocycles. The second-order valence-corrected chi connectivity index (χ2v) is 12.3. The number of fused-ring (bicyclic) bond motifs is 1. The van der Waals surface area contributed by atoms with Crippen LogP contribution in [-0.2, 0) is 20.8 Å². The normalized spacial score (nSPS) is 13.0. The molecule has 2 N–H and O–H groups in total. The maximum Gasteiger partial charge on any atom is 0.408 e. The number of amides is 1. The first kappa shape index (κ1) is 22.2. The van der Waals surface area contributed by atoms with E-state index in [0.717, 1.165) is 5.39 Å². The number of hydrogen-bond acceptors (Lipinski definition) is 6. The Morgan fingerprint density at radius 2 is 1.90 bits per heavy atom. The summed E-state index contributed by atoms with van der Waals surface area (Å²) in [6.07, 6.45) is 0.829. The van der Waals surface area contributed by atoms with Crippen LogP contribution in [0.3, 0.4) is 0 Å². The summed E-state index contributed by atoms with van der Waals surface area (Å²) in [6, 6.07) is 5.23. The van der Waals surface area contributed by atoms with E-state index in [4.69, 9.17) is 9.47 Å². The summed E-state index contributed by atoms with van der Waals surface area (Å²) < 4.78 is 16.3. The molecule has 0 fully saturated rings. The molecule has 9 heteroatoms. The molecule has 1 aromatic heterocycles. The number of rotatable bonds is 5. The van der Waals surface area contributed by atoms with Gasteiger partial charge in [-0.05, 0) is 18.2 Å². The largest absolute Gasteiger partial charge is 0.497 e. The van der Waals surface area contributed by atoms with Crippen molar-refractivity contribution in [1.29, 1.82) is 0 Å². The van der Waals surface area contributed by atoms with Gasteiger partial charge in [-0.1, -0.05) is 25.6 Å². The van der Waals surface area contributed by atoms with E-state index in [1.165, 1.54) is 25.9 Å². The molecule has 0 aliphatic carbocycles. The summed E-state index contributed by atoms with van der Waals surface area (Å²) in [7, 11) is 2.02. The Morgan fingerprint density at radius 3 is 2.45 bits per heavy atom. The molecule has 0 saturated carbocycles. The van der Waals surface area contributed by atoms with E-state index in [0.29, 0.717) is 11.1 Å². The highest BCUT2D eigenvalue weighted by atomic mass is 28.3. The highest BCUT2D eigenvalue weighted by Gasteiger charge is 2.42. The number of carbonyl (C=O) groups excluding carboxylic acids is 2. The van der Waals surface area contributed by atoms with Crippen LogP contribution in [0.1, 0.15) is 0 Å². The Labute approximate surface area is 170 Å². The molecule has 0 aliphatic rings. The van der Waals surface area contributed by atoms with Crippen LogP contribution >= 0.6 is 0 Å². The van der Waals surface area contributed by atoms with E-state index in [9.17, 15) is 14.7 Å². The molecule has 2 aromatic rings. The van der Waals surface area contributed by atoms with Crippen LogP contribution < -0.4 is 10.1 Å². The lowest BCUT2D eigenvalue weighted by Gasteiger charge is -2.27. The third-order valence-corrected chi connectivity index (χ3v) is 5.04. The van der Waals surface area contributed by atoms with Crippen molar-refractivity contribution < 1.29 is 28.9 Å². The predicted octanol–water partition coefficient (Wildman–Crippen LogP) is 2.50. The molecule has 1 heterocycles. The van der Waals surface area contributed by atoms with Crippen LogP contribution in [0.25, 0.3) is 10.8 Å². The van der Waals surface area contributed by atoms with Gasteiger partial charge in [-0.3, -0.25) is 5.32 Å². The molecular formula is C20H26N2O6Si. The molecular weight excluding hydrogens is 392 g/mol. The number of nitrogens with zero attached hydrogens (tertiary/aromatic N) is 1. The van der Waals surface area contributed by atoms with Gasteiger partial charge in [-0.15, -0.1) is 5.54 Å². The molecule has 0 spiro atoms. The summed E-state index contributed by atoms with van der Waals surface area (Å²) in [4.78, 5) is 24.8. The highest BCUT2D eigenvalue weighted by molar-refractivity contribution is 6.83. The molecule has 1 aromatic carbocycles. The van der Waals surface area contributed by atoms with Crippen LogP contribution in [-0.4, -0.2) is 56.7 Å². The lowest BCUT2D eigenvalue weighted by atomic mass is 10.0. The summed E-state index contributed by atoms with van der Waals surface area (Å²) >= 11 is 0.